The van der Waals surface area contributed by atoms with Crippen LogP contribution in [-0.2, 0) is 6.54 Å². The van der Waals surface area contributed by atoms with Crippen LogP contribution in [-0.4, -0.2) is 36.5 Å². The second kappa shape index (κ2) is 6.08. The minimum atomic E-state index is -0.756. The highest BCUT2D eigenvalue weighted by atomic mass is 19.1. The van der Waals surface area contributed by atoms with E-state index in [2.05, 4.69) is 10.2 Å². The minimum absolute atomic E-state index is 0.460. The summed E-state index contributed by atoms with van der Waals surface area (Å²) in [5.41, 5.74) is 0.325. The van der Waals surface area contributed by atoms with E-state index in [0.717, 1.165) is 31.6 Å². The van der Waals surface area contributed by atoms with Crippen molar-refractivity contribution < 1.29 is 9.31 Å². The number of nitro benzene ring substituents is 1. The topological polar surface area (TPSA) is 58.4 Å². The van der Waals surface area contributed by atoms with Crippen LogP contribution < -0.4 is 5.32 Å². The van der Waals surface area contributed by atoms with Crippen LogP contribution in [0.4, 0.5) is 10.1 Å². The zero-order valence-electron chi connectivity index (χ0n) is 10.9. The highest BCUT2D eigenvalue weighted by Crippen LogP contribution is 2.21. The third-order valence-corrected chi connectivity index (χ3v) is 3.48. The standard InChI is InChI=1S/C13H18FN3O2/c1-15-7-11-4-5-16(9-11)8-10-2-3-13(17(18)19)12(14)6-10/h2-3,6,11,15H,4-5,7-9H2,1H3. The molecule has 1 aromatic carbocycles. The first-order chi connectivity index (χ1) is 9.10. The Bertz CT molecular complexity index is 467. The molecule has 1 unspecified atom stereocenters. The van der Waals surface area contributed by atoms with Gasteiger partial charge in [0.15, 0.2) is 0 Å². The van der Waals surface area contributed by atoms with Crippen molar-refractivity contribution in [3.63, 3.8) is 0 Å². The molecule has 1 aliphatic rings. The minimum Gasteiger partial charge on any atom is -0.319 e. The molecule has 1 aromatic rings. The maximum absolute atomic E-state index is 13.5. The molecule has 104 valence electrons. The number of hydrogen-bond acceptors (Lipinski definition) is 4. The first-order valence-corrected chi connectivity index (χ1v) is 6.40. The molecule has 1 aliphatic heterocycles. The van der Waals surface area contributed by atoms with Gasteiger partial charge < -0.3 is 5.32 Å². The highest BCUT2D eigenvalue weighted by Gasteiger charge is 2.22. The maximum Gasteiger partial charge on any atom is 0.304 e. The van der Waals surface area contributed by atoms with E-state index in [-0.39, 0.29) is 0 Å². The Hall–Kier alpha value is -1.53. The lowest BCUT2D eigenvalue weighted by molar-refractivity contribution is -0.387. The summed E-state index contributed by atoms with van der Waals surface area (Å²) < 4.78 is 13.5. The van der Waals surface area contributed by atoms with Gasteiger partial charge in [0.25, 0.3) is 0 Å². The van der Waals surface area contributed by atoms with Crippen LogP contribution in [0.15, 0.2) is 18.2 Å². The van der Waals surface area contributed by atoms with Crippen LogP contribution in [0, 0.1) is 21.8 Å². The second-order valence-corrected chi connectivity index (χ2v) is 4.99. The van der Waals surface area contributed by atoms with Gasteiger partial charge in [0, 0.05) is 19.2 Å². The molecule has 19 heavy (non-hydrogen) atoms. The number of halogens is 1. The highest BCUT2D eigenvalue weighted by molar-refractivity contribution is 5.35. The first-order valence-electron chi connectivity index (χ1n) is 6.40. The van der Waals surface area contributed by atoms with Gasteiger partial charge in [-0.05, 0) is 44.1 Å². The first kappa shape index (κ1) is 13.9. The molecule has 1 fully saturated rings. The van der Waals surface area contributed by atoms with Crippen molar-refractivity contribution in [3.05, 3.63) is 39.7 Å². The summed E-state index contributed by atoms with van der Waals surface area (Å²) in [7, 11) is 1.94. The lowest BCUT2D eigenvalue weighted by atomic mass is 10.1. The number of hydrogen-bond donors (Lipinski definition) is 1. The van der Waals surface area contributed by atoms with Crippen molar-refractivity contribution >= 4 is 5.69 Å². The molecule has 0 amide bonds. The molecule has 0 aliphatic carbocycles. The van der Waals surface area contributed by atoms with Crippen molar-refractivity contribution in [1.29, 1.82) is 0 Å². The summed E-state index contributed by atoms with van der Waals surface area (Å²) in [5, 5.41) is 13.7. The van der Waals surface area contributed by atoms with E-state index in [4.69, 9.17) is 0 Å². The van der Waals surface area contributed by atoms with Crippen LogP contribution in [0.3, 0.4) is 0 Å². The van der Waals surface area contributed by atoms with E-state index in [1.807, 2.05) is 7.05 Å². The molecule has 0 aromatic heterocycles. The van der Waals surface area contributed by atoms with Crippen LogP contribution in [0.2, 0.25) is 0 Å². The van der Waals surface area contributed by atoms with E-state index in [0.29, 0.717) is 12.5 Å². The summed E-state index contributed by atoms with van der Waals surface area (Å²) in [6, 6.07) is 4.14. The SMILES string of the molecule is CNCC1CCN(Cc2ccc([N+](=O)[O-])c(F)c2)C1. The van der Waals surface area contributed by atoms with Gasteiger partial charge in [0.05, 0.1) is 4.92 Å². The lowest BCUT2D eigenvalue weighted by Gasteiger charge is -2.16. The fourth-order valence-corrected chi connectivity index (χ4v) is 2.57. The quantitative estimate of drug-likeness (QED) is 0.652. The zero-order valence-corrected chi connectivity index (χ0v) is 10.9. The third kappa shape index (κ3) is 3.48. The van der Waals surface area contributed by atoms with Gasteiger partial charge in [-0.25, -0.2) is 0 Å². The predicted molar refractivity (Wildman–Crippen MR) is 70.4 cm³/mol. The number of benzene rings is 1. The Kier molecular flexibility index (Phi) is 4.44. The Labute approximate surface area is 111 Å². The van der Waals surface area contributed by atoms with Gasteiger partial charge in [-0.1, -0.05) is 6.07 Å². The van der Waals surface area contributed by atoms with E-state index in [1.54, 1.807) is 6.07 Å². The normalized spacial score (nSPS) is 19.8. The molecule has 0 saturated carbocycles. The van der Waals surface area contributed by atoms with Gasteiger partial charge in [-0.3, -0.25) is 15.0 Å². The Morgan fingerprint density at radius 3 is 3.00 bits per heavy atom. The molecule has 1 atom stereocenters. The van der Waals surface area contributed by atoms with E-state index in [1.165, 1.54) is 12.1 Å². The second-order valence-electron chi connectivity index (χ2n) is 4.99. The fraction of sp³-hybridized carbons (Fsp3) is 0.538. The summed E-state index contributed by atoms with van der Waals surface area (Å²) in [6.45, 7) is 3.62. The average Bonchev–Trinajstić information content (AvgIpc) is 2.76. The van der Waals surface area contributed by atoms with Crippen LogP contribution in [0.5, 0.6) is 0 Å². The summed E-state index contributed by atoms with van der Waals surface area (Å²) in [6.07, 6.45) is 1.14. The summed E-state index contributed by atoms with van der Waals surface area (Å²) in [5.74, 6) is -0.124. The van der Waals surface area contributed by atoms with E-state index < -0.39 is 16.4 Å². The molecule has 5 nitrogen and oxygen atoms in total. The molecule has 2 rings (SSSR count). The number of likely N-dealkylation sites (tertiary alicyclic amines) is 1. The number of nitro groups is 1. The maximum atomic E-state index is 13.5. The molecular formula is C13H18FN3O2. The molecule has 1 N–H and O–H groups in total. The molecule has 1 heterocycles. The predicted octanol–water partition coefficient (Wildman–Crippen LogP) is 1.78. The van der Waals surface area contributed by atoms with Crippen molar-refractivity contribution in [2.75, 3.05) is 26.7 Å². The van der Waals surface area contributed by atoms with Gasteiger partial charge in [0.2, 0.25) is 5.82 Å². The van der Waals surface area contributed by atoms with Crippen LogP contribution >= 0.6 is 0 Å². The molecule has 1 saturated heterocycles. The monoisotopic (exact) mass is 267 g/mol. The van der Waals surface area contributed by atoms with Crippen molar-refractivity contribution in [1.82, 2.24) is 10.2 Å². The number of rotatable bonds is 5. The molecule has 6 heteroatoms. The van der Waals surface area contributed by atoms with E-state index >= 15 is 0 Å². The van der Waals surface area contributed by atoms with Gasteiger partial charge >= 0.3 is 5.69 Å². The Balaban J connectivity index is 1.97. The number of nitrogens with zero attached hydrogens (tertiary/aromatic N) is 2. The summed E-state index contributed by atoms with van der Waals surface area (Å²) in [4.78, 5) is 12.1. The van der Waals surface area contributed by atoms with Crippen LogP contribution in [0.25, 0.3) is 0 Å². The van der Waals surface area contributed by atoms with E-state index in [9.17, 15) is 14.5 Å². The molecule has 0 bridgehead atoms. The average molecular weight is 267 g/mol. The largest absolute Gasteiger partial charge is 0.319 e. The van der Waals surface area contributed by atoms with Gasteiger partial charge in [0.1, 0.15) is 0 Å². The Morgan fingerprint density at radius 2 is 2.37 bits per heavy atom. The zero-order chi connectivity index (χ0) is 13.8. The van der Waals surface area contributed by atoms with Crippen LogP contribution in [0.1, 0.15) is 12.0 Å². The lowest BCUT2D eigenvalue weighted by Crippen LogP contribution is -2.24. The fourth-order valence-electron chi connectivity index (χ4n) is 2.57. The molecule has 0 spiro atoms. The van der Waals surface area contributed by atoms with Gasteiger partial charge in [-0.15, -0.1) is 0 Å². The van der Waals surface area contributed by atoms with Gasteiger partial charge in [-0.2, -0.15) is 4.39 Å². The van der Waals surface area contributed by atoms with Crippen molar-refractivity contribution in [2.45, 2.75) is 13.0 Å². The Morgan fingerprint density at radius 1 is 1.58 bits per heavy atom. The number of nitrogens with one attached hydrogen (secondary N) is 1. The summed E-state index contributed by atoms with van der Waals surface area (Å²) >= 11 is 0. The molecule has 0 radical (unpaired) electrons. The van der Waals surface area contributed by atoms with Crippen molar-refractivity contribution in [2.24, 2.45) is 5.92 Å². The molecular weight excluding hydrogens is 249 g/mol. The smallest absolute Gasteiger partial charge is 0.304 e. The van der Waals surface area contributed by atoms with Crippen molar-refractivity contribution in [3.8, 4) is 0 Å². The third-order valence-electron chi connectivity index (χ3n) is 3.48.